The molecule has 0 spiro atoms. The third-order valence-corrected chi connectivity index (χ3v) is 5.71. The third kappa shape index (κ3) is 3.28. The van der Waals surface area contributed by atoms with Gasteiger partial charge in [0.25, 0.3) is 0 Å². The second kappa shape index (κ2) is 6.90. The molecule has 0 bridgehead atoms. The van der Waals surface area contributed by atoms with Gasteiger partial charge in [-0.1, -0.05) is 48.0 Å². The summed E-state index contributed by atoms with van der Waals surface area (Å²) in [5.41, 5.74) is 2.89. The summed E-state index contributed by atoms with van der Waals surface area (Å²) in [6.45, 7) is 0.396. The standard InChI is InChI=1S/C20H16ClNO2S/c21-16-7-3-1-5-13(16)12-24-18-8-4-2-6-14(18)15-11-19(23)22-17-9-10-25-20(15)17/h1-10,15H,11-12H2,(H,22,23)/t15-/m0/s1. The van der Waals surface area contributed by atoms with Gasteiger partial charge in [0.15, 0.2) is 0 Å². The molecule has 1 N–H and O–H groups in total. The average Bonchev–Trinajstić information content (AvgIpc) is 3.09. The lowest BCUT2D eigenvalue weighted by atomic mass is 9.90. The largest absolute Gasteiger partial charge is 0.489 e. The van der Waals surface area contributed by atoms with Gasteiger partial charge < -0.3 is 10.1 Å². The van der Waals surface area contributed by atoms with Crippen LogP contribution in [0.5, 0.6) is 5.75 Å². The van der Waals surface area contributed by atoms with Crippen molar-refractivity contribution in [1.82, 2.24) is 0 Å². The monoisotopic (exact) mass is 369 g/mol. The van der Waals surface area contributed by atoms with Crippen molar-refractivity contribution in [2.75, 3.05) is 5.32 Å². The first-order valence-corrected chi connectivity index (χ1v) is 9.30. The molecule has 4 rings (SSSR count). The van der Waals surface area contributed by atoms with E-state index in [9.17, 15) is 4.79 Å². The number of carbonyl (C=O) groups excluding carboxylic acids is 1. The van der Waals surface area contributed by atoms with E-state index in [1.807, 2.05) is 60.0 Å². The smallest absolute Gasteiger partial charge is 0.225 e. The van der Waals surface area contributed by atoms with Gasteiger partial charge in [-0.2, -0.15) is 0 Å². The number of hydrogen-bond acceptors (Lipinski definition) is 3. The molecule has 1 atom stereocenters. The molecular formula is C20H16ClNO2S. The van der Waals surface area contributed by atoms with Crippen molar-refractivity contribution in [3.63, 3.8) is 0 Å². The summed E-state index contributed by atoms with van der Waals surface area (Å²) in [7, 11) is 0. The molecule has 0 saturated heterocycles. The Kier molecular flexibility index (Phi) is 4.47. The molecule has 0 fully saturated rings. The Labute approximate surface area is 155 Å². The molecule has 1 aromatic heterocycles. The van der Waals surface area contributed by atoms with Gasteiger partial charge in [-0.05, 0) is 23.6 Å². The zero-order valence-electron chi connectivity index (χ0n) is 13.4. The van der Waals surface area contributed by atoms with Crippen LogP contribution in [0.1, 0.15) is 28.3 Å². The number of amides is 1. The molecule has 5 heteroatoms. The van der Waals surface area contributed by atoms with Gasteiger partial charge >= 0.3 is 0 Å². The Morgan fingerprint density at radius 2 is 1.92 bits per heavy atom. The fourth-order valence-electron chi connectivity index (χ4n) is 3.10. The predicted molar refractivity (Wildman–Crippen MR) is 102 cm³/mol. The van der Waals surface area contributed by atoms with Gasteiger partial charge in [-0.25, -0.2) is 0 Å². The van der Waals surface area contributed by atoms with Crippen LogP contribution >= 0.6 is 22.9 Å². The Hall–Kier alpha value is -2.30. The minimum absolute atomic E-state index is 0.0196. The van der Waals surface area contributed by atoms with Crippen LogP contribution in [0.2, 0.25) is 5.02 Å². The van der Waals surface area contributed by atoms with Crippen LogP contribution < -0.4 is 10.1 Å². The van der Waals surface area contributed by atoms with E-state index in [1.54, 1.807) is 11.3 Å². The zero-order valence-corrected chi connectivity index (χ0v) is 14.9. The second-order valence-electron chi connectivity index (χ2n) is 5.92. The number of rotatable bonds is 4. The number of carbonyl (C=O) groups is 1. The number of benzene rings is 2. The molecule has 0 unspecified atom stereocenters. The SMILES string of the molecule is O=C1C[C@@H](c2ccccc2OCc2ccccc2Cl)c2sccc2N1. The Balaban J connectivity index is 1.64. The molecule has 0 radical (unpaired) electrons. The molecule has 3 nitrogen and oxygen atoms in total. The summed E-state index contributed by atoms with van der Waals surface area (Å²) in [6.07, 6.45) is 0.431. The molecule has 25 heavy (non-hydrogen) atoms. The van der Waals surface area contributed by atoms with E-state index in [-0.39, 0.29) is 11.8 Å². The number of anilines is 1. The highest BCUT2D eigenvalue weighted by atomic mass is 35.5. The first-order chi connectivity index (χ1) is 12.2. The fourth-order valence-corrected chi connectivity index (χ4v) is 4.26. The normalized spacial score (nSPS) is 16.2. The minimum atomic E-state index is 0.0196. The summed E-state index contributed by atoms with van der Waals surface area (Å²) >= 11 is 7.88. The van der Waals surface area contributed by atoms with E-state index in [4.69, 9.17) is 16.3 Å². The molecule has 3 aromatic rings. The molecule has 0 saturated carbocycles. The van der Waals surface area contributed by atoms with Crippen molar-refractivity contribution in [3.8, 4) is 5.75 Å². The van der Waals surface area contributed by atoms with E-state index < -0.39 is 0 Å². The predicted octanol–water partition coefficient (Wildman–Crippen LogP) is 5.45. The lowest BCUT2D eigenvalue weighted by molar-refractivity contribution is -0.116. The van der Waals surface area contributed by atoms with Gasteiger partial charge in [0, 0.05) is 33.4 Å². The van der Waals surface area contributed by atoms with E-state index in [0.717, 1.165) is 22.6 Å². The molecule has 1 amide bonds. The van der Waals surface area contributed by atoms with Crippen LogP contribution in [0, 0.1) is 0 Å². The Bertz CT molecular complexity index is 921. The summed E-state index contributed by atoms with van der Waals surface area (Å²) in [5.74, 6) is 0.851. The third-order valence-electron chi connectivity index (χ3n) is 4.31. The number of ether oxygens (including phenoxy) is 1. The number of para-hydroxylation sites is 1. The summed E-state index contributed by atoms with van der Waals surface area (Å²) < 4.78 is 6.07. The van der Waals surface area contributed by atoms with Crippen LogP contribution in [-0.2, 0) is 11.4 Å². The van der Waals surface area contributed by atoms with E-state index >= 15 is 0 Å². The first-order valence-electron chi connectivity index (χ1n) is 8.05. The maximum Gasteiger partial charge on any atom is 0.225 e. The van der Waals surface area contributed by atoms with Crippen molar-refractivity contribution in [2.24, 2.45) is 0 Å². The number of nitrogens with one attached hydrogen (secondary N) is 1. The lowest BCUT2D eigenvalue weighted by Crippen LogP contribution is -2.22. The summed E-state index contributed by atoms with van der Waals surface area (Å²) in [6, 6.07) is 17.5. The number of fused-ring (bicyclic) bond motifs is 1. The second-order valence-corrected chi connectivity index (χ2v) is 7.28. The van der Waals surface area contributed by atoms with Crippen LogP contribution in [0.4, 0.5) is 5.69 Å². The van der Waals surface area contributed by atoms with Crippen molar-refractivity contribution in [3.05, 3.63) is 81.0 Å². The van der Waals surface area contributed by atoms with Gasteiger partial charge in [-0.3, -0.25) is 4.79 Å². The van der Waals surface area contributed by atoms with Crippen molar-refractivity contribution in [2.45, 2.75) is 18.9 Å². The maximum atomic E-state index is 12.1. The highest BCUT2D eigenvalue weighted by Crippen LogP contribution is 2.43. The Morgan fingerprint density at radius 1 is 1.12 bits per heavy atom. The van der Waals surface area contributed by atoms with Crippen LogP contribution in [0.25, 0.3) is 0 Å². The molecule has 1 aliphatic rings. The minimum Gasteiger partial charge on any atom is -0.489 e. The number of hydrogen-bond donors (Lipinski definition) is 1. The number of thiophene rings is 1. The molecule has 2 aromatic carbocycles. The van der Waals surface area contributed by atoms with E-state index in [0.29, 0.717) is 18.1 Å². The van der Waals surface area contributed by atoms with Crippen molar-refractivity contribution < 1.29 is 9.53 Å². The van der Waals surface area contributed by atoms with Gasteiger partial charge in [-0.15, -0.1) is 11.3 Å². The van der Waals surface area contributed by atoms with Crippen LogP contribution in [-0.4, -0.2) is 5.91 Å². The van der Waals surface area contributed by atoms with Crippen LogP contribution in [0.3, 0.4) is 0 Å². The lowest BCUT2D eigenvalue weighted by Gasteiger charge is -2.24. The zero-order chi connectivity index (χ0) is 17.2. The van der Waals surface area contributed by atoms with Crippen molar-refractivity contribution in [1.29, 1.82) is 0 Å². The highest BCUT2D eigenvalue weighted by Gasteiger charge is 2.29. The first kappa shape index (κ1) is 16.2. The molecule has 126 valence electrons. The summed E-state index contributed by atoms with van der Waals surface area (Å²) in [4.78, 5) is 13.3. The molecular weight excluding hydrogens is 354 g/mol. The quantitative estimate of drug-likeness (QED) is 0.663. The Morgan fingerprint density at radius 3 is 2.80 bits per heavy atom. The molecule has 0 aliphatic carbocycles. The van der Waals surface area contributed by atoms with Crippen molar-refractivity contribution >= 4 is 34.5 Å². The average molecular weight is 370 g/mol. The van der Waals surface area contributed by atoms with E-state index in [2.05, 4.69) is 5.32 Å². The molecule has 2 heterocycles. The number of halogens is 1. The van der Waals surface area contributed by atoms with Crippen LogP contribution in [0.15, 0.2) is 60.0 Å². The van der Waals surface area contributed by atoms with E-state index in [1.165, 1.54) is 4.88 Å². The van der Waals surface area contributed by atoms with Gasteiger partial charge in [0.1, 0.15) is 12.4 Å². The summed E-state index contributed by atoms with van der Waals surface area (Å²) in [5, 5.41) is 5.64. The van der Waals surface area contributed by atoms with Gasteiger partial charge in [0.2, 0.25) is 5.91 Å². The van der Waals surface area contributed by atoms with Gasteiger partial charge in [0.05, 0.1) is 5.69 Å². The topological polar surface area (TPSA) is 38.3 Å². The fraction of sp³-hybridized carbons (Fsp3) is 0.150. The molecule has 1 aliphatic heterocycles. The highest BCUT2D eigenvalue weighted by molar-refractivity contribution is 7.10. The maximum absolute atomic E-state index is 12.1.